The lowest BCUT2D eigenvalue weighted by Gasteiger charge is -2.38. The van der Waals surface area contributed by atoms with Crippen LogP contribution in [0.1, 0.15) is 24.0 Å². The quantitative estimate of drug-likeness (QED) is 0.506. The van der Waals surface area contributed by atoms with Crippen molar-refractivity contribution in [2.45, 2.75) is 12.8 Å². The van der Waals surface area contributed by atoms with Gasteiger partial charge in [-0.05, 0) is 24.3 Å². The first-order valence-electron chi connectivity index (χ1n) is 12.6. The number of carbonyl (C=O) groups is 1. The van der Waals surface area contributed by atoms with Crippen LogP contribution in [0.2, 0.25) is 0 Å². The molecule has 0 fully saturated rings. The molecular weight excluding hydrogens is 530 g/mol. The first-order chi connectivity index (χ1) is 19.8. The van der Waals surface area contributed by atoms with E-state index in [0.29, 0.717) is 62.5 Å². The molecule has 0 aliphatic carbocycles. The highest BCUT2D eigenvalue weighted by atomic mass is 16.5. The zero-order valence-electron chi connectivity index (χ0n) is 24.1. The van der Waals surface area contributed by atoms with E-state index in [-0.39, 0.29) is 30.5 Å². The first-order valence-corrected chi connectivity index (χ1v) is 12.6. The van der Waals surface area contributed by atoms with Crippen molar-refractivity contribution >= 4 is 12.0 Å². The molecule has 2 heterocycles. The average molecular weight is 564 g/mol. The lowest BCUT2D eigenvalue weighted by molar-refractivity contribution is -0.128. The first kappa shape index (κ1) is 29.0. The van der Waals surface area contributed by atoms with Crippen LogP contribution in [0.5, 0.6) is 34.5 Å². The Morgan fingerprint density at radius 2 is 1.49 bits per heavy atom. The number of amides is 1. The van der Waals surface area contributed by atoms with Crippen molar-refractivity contribution in [1.82, 2.24) is 4.90 Å². The van der Waals surface area contributed by atoms with Gasteiger partial charge in [0.05, 0.1) is 48.6 Å². The van der Waals surface area contributed by atoms with E-state index in [9.17, 15) is 10.1 Å². The monoisotopic (exact) mass is 563 g/mol. The van der Waals surface area contributed by atoms with Gasteiger partial charge < -0.3 is 43.8 Å². The molecule has 0 radical (unpaired) electrons. The summed E-state index contributed by atoms with van der Waals surface area (Å²) in [6.45, 7) is 1.92. The predicted molar refractivity (Wildman–Crippen MR) is 150 cm³/mol. The summed E-state index contributed by atoms with van der Waals surface area (Å²) in [7, 11) is 9.13. The Hall–Kier alpha value is -4.98. The number of rotatable bonds is 8. The molecule has 11 heteroatoms. The molecule has 1 unspecified atom stereocenters. The van der Waals surface area contributed by atoms with Gasteiger partial charge in [0.25, 0.3) is 0 Å². The van der Waals surface area contributed by atoms with E-state index in [4.69, 9.17) is 38.9 Å². The third-order valence-electron chi connectivity index (χ3n) is 7.10. The number of nitrogens with two attached hydrogens (primary N) is 1. The number of hydrogen-bond donors (Lipinski definition) is 1. The van der Waals surface area contributed by atoms with Gasteiger partial charge in [0, 0.05) is 42.3 Å². The number of ether oxygens (including phenoxy) is 7. The maximum atomic E-state index is 12.8. The summed E-state index contributed by atoms with van der Waals surface area (Å²) in [5.74, 6) is 2.11. The van der Waals surface area contributed by atoms with E-state index in [1.807, 2.05) is 12.1 Å². The molecule has 11 nitrogen and oxygen atoms in total. The lowest BCUT2D eigenvalue weighted by Crippen LogP contribution is -2.40. The van der Waals surface area contributed by atoms with Crippen LogP contribution in [0.15, 0.2) is 52.6 Å². The van der Waals surface area contributed by atoms with Gasteiger partial charge in [-0.15, -0.1) is 0 Å². The highest BCUT2D eigenvalue weighted by molar-refractivity contribution is 5.78. The van der Waals surface area contributed by atoms with Crippen LogP contribution in [-0.4, -0.2) is 66.6 Å². The number of methoxy groups -OCH3 is 6. The molecule has 2 aromatic carbocycles. The summed E-state index contributed by atoms with van der Waals surface area (Å²) in [5, 5.41) is 10.2. The van der Waals surface area contributed by atoms with E-state index >= 15 is 0 Å². The van der Waals surface area contributed by atoms with E-state index in [2.05, 4.69) is 6.07 Å². The molecule has 0 saturated heterocycles. The zero-order valence-corrected chi connectivity index (χ0v) is 24.1. The number of benzene rings is 2. The second-order valence-corrected chi connectivity index (χ2v) is 9.17. The van der Waals surface area contributed by atoms with Crippen LogP contribution in [-0.2, 0) is 9.53 Å². The Bertz CT molecular complexity index is 1500. The Morgan fingerprint density at radius 3 is 2.02 bits per heavy atom. The molecule has 0 saturated carbocycles. The van der Waals surface area contributed by atoms with Gasteiger partial charge in [-0.3, -0.25) is 4.79 Å². The highest BCUT2D eigenvalue weighted by Gasteiger charge is 2.40. The second-order valence-electron chi connectivity index (χ2n) is 9.17. The molecule has 2 aliphatic heterocycles. The number of nitrogens with zero attached hydrogens (tertiary/aromatic N) is 2. The van der Waals surface area contributed by atoms with Crippen LogP contribution in [0.25, 0.3) is 6.08 Å². The minimum Gasteiger partial charge on any atom is -0.493 e. The topological polar surface area (TPSA) is 135 Å². The Kier molecular flexibility index (Phi) is 8.52. The zero-order chi connectivity index (χ0) is 29.8. The van der Waals surface area contributed by atoms with Crippen LogP contribution in [0.3, 0.4) is 0 Å². The largest absolute Gasteiger partial charge is 0.493 e. The van der Waals surface area contributed by atoms with Gasteiger partial charge in [-0.1, -0.05) is 6.07 Å². The molecule has 41 heavy (non-hydrogen) atoms. The van der Waals surface area contributed by atoms with Gasteiger partial charge in [0.15, 0.2) is 23.0 Å². The molecule has 0 aromatic heterocycles. The van der Waals surface area contributed by atoms with Gasteiger partial charge in [-0.25, -0.2) is 0 Å². The fourth-order valence-corrected chi connectivity index (χ4v) is 5.23. The molecule has 2 aliphatic rings. The fraction of sp³-hybridized carbons (Fsp3) is 0.333. The molecule has 0 spiro atoms. The molecular formula is C30H33N3O8. The summed E-state index contributed by atoms with van der Waals surface area (Å²) < 4.78 is 39.6. The van der Waals surface area contributed by atoms with Crippen molar-refractivity contribution in [2.75, 3.05) is 55.7 Å². The number of allylic oxidation sites excluding steroid dienone is 1. The summed E-state index contributed by atoms with van der Waals surface area (Å²) >= 11 is 0. The van der Waals surface area contributed by atoms with Crippen LogP contribution >= 0.6 is 0 Å². The van der Waals surface area contributed by atoms with Gasteiger partial charge in [0.2, 0.25) is 23.3 Å². The average Bonchev–Trinajstić information content (AvgIpc) is 2.99. The predicted octanol–water partition coefficient (Wildman–Crippen LogP) is 3.75. The molecule has 2 N–H and O–H groups in total. The maximum absolute atomic E-state index is 12.8. The molecule has 1 atom stereocenters. The van der Waals surface area contributed by atoms with Crippen molar-refractivity contribution in [2.24, 2.45) is 5.73 Å². The summed E-state index contributed by atoms with van der Waals surface area (Å²) in [6.07, 6.45) is 1.85. The SMILES string of the molecule is COc1ccc(/C=C2\CN(C(C)=O)CC3=C2OC(N)=C(C#N)C3c2ccc(OC)c(OC)c2OC)c(OC)c1OC. The number of hydrogen-bond acceptors (Lipinski definition) is 10. The smallest absolute Gasteiger partial charge is 0.220 e. The Balaban J connectivity index is 2.00. The van der Waals surface area contributed by atoms with E-state index < -0.39 is 5.92 Å². The standard InChI is InChI=1S/C30H33N3O8/c1-16(34)33-14-18(12-17-8-10-22(35-2)28(39-6)26(17)37-4)25-21(15-33)24(20(13-31)30(32)41-25)19-9-11-23(36-3)29(40-7)27(19)38-5/h8-12,24H,14-15,32H2,1-7H3/b18-12+. The third-order valence-corrected chi connectivity index (χ3v) is 7.10. The van der Waals surface area contributed by atoms with Gasteiger partial charge in [-0.2, -0.15) is 5.26 Å². The molecule has 1 amide bonds. The summed E-state index contributed by atoms with van der Waals surface area (Å²) in [5.41, 5.74) is 9.13. The highest BCUT2D eigenvalue weighted by Crippen LogP contribution is 2.51. The van der Waals surface area contributed by atoms with E-state index in [1.165, 1.54) is 42.5 Å². The third kappa shape index (κ3) is 5.04. The minimum atomic E-state index is -0.698. The van der Waals surface area contributed by atoms with Gasteiger partial charge >= 0.3 is 0 Å². The van der Waals surface area contributed by atoms with Crippen molar-refractivity contribution in [1.29, 1.82) is 5.26 Å². The van der Waals surface area contributed by atoms with Crippen LogP contribution < -0.4 is 34.2 Å². The van der Waals surface area contributed by atoms with Crippen molar-refractivity contribution < 1.29 is 38.0 Å². The normalized spacial score (nSPS) is 17.4. The molecule has 216 valence electrons. The summed E-state index contributed by atoms with van der Waals surface area (Å²) in [4.78, 5) is 14.4. The molecule has 0 bridgehead atoms. The van der Waals surface area contributed by atoms with Crippen LogP contribution in [0, 0.1) is 11.3 Å². The minimum absolute atomic E-state index is 0.0467. The lowest BCUT2D eigenvalue weighted by atomic mass is 9.79. The second kappa shape index (κ2) is 12.0. The maximum Gasteiger partial charge on any atom is 0.220 e. The molecule has 4 rings (SSSR count). The Morgan fingerprint density at radius 1 is 0.902 bits per heavy atom. The van der Waals surface area contributed by atoms with Crippen molar-refractivity contribution in [3.8, 4) is 40.6 Å². The van der Waals surface area contributed by atoms with Gasteiger partial charge in [0.1, 0.15) is 17.4 Å². The van der Waals surface area contributed by atoms with Crippen LogP contribution in [0.4, 0.5) is 0 Å². The van der Waals surface area contributed by atoms with E-state index in [1.54, 1.807) is 30.2 Å². The number of nitriles is 1. The number of carbonyl (C=O) groups excluding carboxylic acids is 1. The van der Waals surface area contributed by atoms with Crippen molar-refractivity contribution in [3.63, 3.8) is 0 Å². The van der Waals surface area contributed by atoms with E-state index in [0.717, 1.165) is 0 Å². The Labute approximate surface area is 238 Å². The summed E-state index contributed by atoms with van der Waals surface area (Å²) in [6, 6.07) is 9.30. The van der Waals surface area contributed by atoms with Crippen molar-refractivity contribution in [3.05, 3.63) is 63.8 Å². The molecule has 2 aromatic rings. The fourth-order valence-electron chi connectivity index (χ4n) is 5.23.